The van der Waals surface area contributed by atoms with Crippen LogP contribution in [0.5, 0.6) is 0 Å². The first kappa shape index (κ1) is 9.09. The third-order valence-corrected chi connectivity index (χ3v) is 3.37. The van der Waals surface area contributed by atoms with Crippen molar-refractivity contribution >= 4 is 11.3 Å². The Bertz CT molecular complexity index is 268. The Labute approximate surface area is 82.6 Å². The lowest BCUT2D eigenvalue weighted by Crippen LogP contribution is -2.08. The van der Waals surface area contributed by atoms with Gasteiger partial charge in [0.25, 0.3) is 0 Å². The molecule has 1 aliphatic rings. The van der Waals surface area contributed by atoms with Crippen LogP contribution in [0.1, 0.15) is 35.2 Å². The van der Waals surface area contributed by atoms with Gasteiger partial charge in [-0.2, -0.15) is 0 Å². The van der Waals surface area contributed by atoms with E-state index >= 15 is 0 Å². The van der Waals surface area contributed by atoms with E-state index in [4.69, 9.17) is 0 Å². The maximum absolute atomic E-state index is 4.21. The summed E-state index contributed by atoms with van der Waals surface area (Å²) in [7, 11) is 1.98. The van der Waals surface area contributed by atoms with Crippen LogP contribution in [0.3, 0.4) is 0 Å². The van der Waals surface area contributed by atoms with Crippen LogP contribution >= 0.6 is 11.3 Å². The summed E-state index contributed by atoms with van der Waals surface area (Å²) < 4.78 is 0. The average Bonchev–Trinajstić information content (AvgIpc) is 2.88. The van der Waals surface area contributed by atoms with Crippen molar-refractivity contribution in [3.63, 3.8) is 0 Å². The van der Waals surface area contributed by atoms with Crippen molar-refractivity contribution in [1.82, 2.24) is 15.5 Å². The summed E-state index contributed by atoms with van der Waals surface area (Å²) >= 11 is 1.80. The topological polar surface area (TPSA) is 37.8 Å². The molecule has 1 aliphatic carbocycles. The van der Waals surface area contributed by atoms with Gasteiger partial charge in [-0.05, 0) is 32.9 Å². The molecular formula is C9H15N3S. The molecule has 1 aromatic heterocycles. The van der Waals surface area contributed by atoms with Crippen LogP contribution in [0.15, 0.2) is 0 Å². The monoisotopic (exact) mass is 197 g/mol. The van der Waals surface area contributed by atoms with Crippen LogP contribution in [0, 0.1) is 0 Å². The first-order chi connectivity index (χ1) is 6.40. The van der Waals surface area contributed by atoms with Gasteiger partial charge in [0.15, 0.2) is 0 Å². The molecule has 1 N–H and O–H groups in total. The predicted molar refractivity (Wildman–Crippen MR) is 54.1 cm³/mol. The van der Waals surface area contributed by atoms with Crippen molar-refractivity contribution in [2.24, 2.45) is 0 Å². The molecule has 3 nitrogen and oxygen atoms in total. The molecule has 1 heterocycles. The summed E-state index contributed by atoms with van der Waals surface area (Å²) in [5, 5.41) is 14.0. The van der Waals surface area contributed by atoms with Gasteiger partial charge in [0.1, 0.15) is 10.0 Å². The number of hydrogen-bond donors (Lipinski definition) is 1. The van der Waals surface area contributed by atoms with Crippen molar-refractivity contribution < 1.29 is 0 Å². The minimum absolute atomic E-state index is 0.760. The molecule has 1 aromatic rings. The van der Waals surface area contributed by atoms with Gasteiger partial charge in [-0.1, -0.05) is 0 Å². The van der Waals surface area contributed by atoms with Gasteiger partial charge in [-0.15, -0.1) is 21.5 Å². The molecule has 0 unspecified atom stereocenters. The van der Waals surface area contributed by atoms with Crippen LogP contribution in [-0.4, -0.2) is 23.8 Å². The smallest absolute Gasteiger partial charge is 0.120 e. The van der Waals surface area contributed by atoms with Crippen LogP contribution < -0.4 is 5.32 Å². The minimum atomic E-state index is 0.760. The fourth-order valence-electron chi connectivity index (χ4n) is 1.28. The lowest BCUT2D eigenvalue weighted by atomic mass is 10.3. The Morgan fingerprint density at radius 2 is 2.31 bits per heavy atom. The summed E-state index contributed by atoms with van der Waals surface area (Å²) in [5.41, 5.74) is 0. The fourth-order valence-corrected chi connectivity index (χ4v) is 2.33. The molecule has 0 atom stereocenters. The van der Waals surface area contributed by atoms with Crippen LogP contribution in [-0.2, 0) is 6.42 Å². The first-order valence-corrected chi connectivity index (χ1v) is 5.68. The zero-order valence-electron chi connectivity index (χ0n) is 7.92. The van der Waals surface area contributed by atoms with Gasteiger partial charge in [0, 0.05) is 12.3 Å². The van der Waals surface area contributed by atoms with Crippen LogP contribution in [0.4, 0.5) is 0 Å². The summed E-state index contributed by atoms with van der Waals surface area (Å²) in [6, 6.07) is 0. The molecule has 2 rings (SSSR count). The third-order valence-electron chi connectivity index (χ3n) is 2.23. The van der Waals surface area contributed by atoms with Gasteiger partial charge in [0.2, 0.25) is 0 Å². The minimum Gasteiger partial charge on any atom is -0.320 e. The number of nitrogens with zero attached hydrogens (tertiary/aromatic N) is 2. The lowest BCUT2D eigenvalue weighted by Gasteiger charge is -1.94. The van der Waals surface area contributed by atoms with E-state index in [2.05, 4.69) is 15.5 Å². The van der Waals surface area contributed by atoms with Crippen LogP contribution in [0.2, 0.25) is 0 Å². The molecule has 72 valence electrons. The first-order valence-electron chi connectivity index (χ1n) is 4.87. The van der Waals surface area contributed by atoms with Crippen LogP contribution in [0.25, 0.3) is 0 Å². The number of hydrogen-bond acceptors (Lipinski definition) is 4. The van der Waals surface area contributed by atoms with E-state index in [0.717, 1.165) is 25.3 Å². The highest BCUT2D eigenvalue weighted by molar-refractivity contribution is 7.11. The number of aromatic nitrogens is 2. The molecule has 0 saturated heterocycles. The standard InChI is InChI=1S/C9H15N3S/c1-10-6-2-3-8-11-12-9(13-8)7-4-5-7/h7,10H,2-6H2,1H3. The summed E-state index contributed by atoms with van der Waals surface area (Å²) in [4.78, 5) is 0. The summed E-state index contributed by atoms with van der Waals surface area (Å²) in [6.07, 6.45) is 4.89. The molecular weight excluding hydrogens is 182 g/mol. The zero-order chi connectivity index (χ0) is 9.10. The summed E-state index contributed by atoms with van der Waals surface area (Å²) in [5.74, 6) is 0.760. The second-order valence-corrected chi connectivity index (χ2v) is 4.61. The van der Waals surface area contributed by atoms with Crippen molar-refractivity contribution in [2.75, 3.05) is 13.6 Å². The van der Waals surface area contributed by atoms with Crippen molar-refractivity contribution in [3.8, 4) is 0 Å². The highest BCUT2D eigenvalue weighted by atomic mass is 32.1. The van der Waals surface area contributed by atoms with Gasteiger partial charge in [0.05, 0.1) is 0 Å². The molecule has 0 aromatic carbocycles. The third kappa shape index (κ3) is 2.48. The Morgan fingerprint density at radius 1 is 1.46 bits per heavy atom. The average molecular weight is 197 g/mol. The maximum atomic E-state index is 4.21. The second-order valence-electron chi connectivity index (χ2n) is 3.52. The highest BCUT2D eigenvalue weighted by Gasteiger charge is 2.27. The molecule has 0 amide bonds. The molecule has 1 fully saturated rings. The predicted octanol–water partition coefficient (Wildman–Crippen LogP) is 1.57. The van der Waals surface area contributed by atoms with Crippen molar-refractivity contribution in [3.05, 3.63) is 10.0 Å². The quantitative estimate of drug-likeness (QED) is 0.728. The Hall–Kier alpha value is -0.480. The second kappa shape index (κ2) is 4.15. The number of rotatable bonds is 5. The normalized spacial score (nSPS) is 16.4. The molecule has 0 bridgehead atoms. The fraction of sp³-hybridized carbons (Fsp3) is 0.778. The lowest BCUT2D eigenvalue weighted by molar-refractivity contribution is 0.717. The molecule has 13 heavy (non-hydrogen) atoms. The van der Waals surface area contributed by atoms with Crippen molar-refractivity contribution in [1.29, 1.82) is 0 Å². The maximum Gasteiger partial charge on any atom is 0.120 e. The van der Waals surface area contributed by atoms with E-state index < -0.39 is 0 Å². The number of nitrogens with one attached hydrogen (secondary N) is 1. The zero-order valence-corrected chi connectivity index (χ0v) is 8.73. The molecule has 0 aliphatic heterocycles. The SMILES string of the molecule is CNCCCc1nnc(C2CC2)s1. The highest BCUT2D eigenvalue weighted by Crippen LogP contribution is 2.41. The van der Waals surface area contributed by atoms with Gasteiger partial charge < -0.3 is 5.32 Å². The Kier molecular flexibility index (Phi) is 2.90. The largest absolute Gasteiger partial charge is 0.320 e. The molecule has 0 radical (unpaired) electrons. The van der Waals surface area contributed by atoms with Gasteiger partial charge in [-0.25, -0.2) is 0 Å². The van der Waals surface area contributed by atoms with E-state index in [1.807, 2.05) is 7.05 Å². The van der Waals surface area contributed by atoms with Gasteiger partial charge >= 0.3 is 0 Å². The van der Waals surface area contributed by atoms with Gasteiger partial charge in [-0.3, -0.25) is 0 Å². The molecule has 1 saturated carbocycles. The molecule has 4 heteroatoms. The van der Waals surface area contributed by atoms with E-state index in [0.29, 0.717) is 0 Å². The van der Waals surface area contributed by atoms with E-state index in [1.54, 1.807) is 11.3 Å². The number of aryl methyl sites for hydroxylation is 1. The van der Waals surface area contributed by atoms with E-state index in [1.165, 1.54) is 22.9 Å². The Morgan fingerprint density at radius 3 is 3.00 bits per heavy atom. The van der Waals surface area contributed by atoms with E-state index in [9.17, 15) is 0 Å². The van der Waals surface area contributed by atoms with Crippen molar-refractivity contribution in [2.45, 2.75) is 31.6 Å². The molecule has 0 spiro atoms. The summed E-state index contributed by atoms with van der Waals surface area (Å²) in [6.45, 7) is 1.07. The van der Waals surface area contributed by atoms with E-state index in [-0.39, 0.29) is 0 Å². The Balaban J connectivity index is 1.82.